The van der Waals surface area contributed by atoms with Gasteiger partial charge in [0.1, 0.15) is 11.4 Å². The van der Waals surface area contributed by atoms with Crippen LogP contribution in [0.25, 0.3) is 0 Å². The van der Waals surface area contributed by atoms with Crippen LogP contribution >= 0.6 is 0 Å². The van der Waals surface area contributed by atoms with E-state index >= 15 is 0 Å². The third-order valence-corrected chi connectivity index (χ3v) is 3.58. The van der Waals surface area contributed by atoms with Crippen molar-refractivity contribution in [2.24, 2.45) is 0 Å². The third-order valence-electron chi connectivity index (χ3n) is 2.44. The van der Waals surface area contributed by atoms with Crippen LogP contribution in [0.5, 0.6) is 0 Å². The zero-order valence-electron chi connectivity index (χ0n) is 9.97. The summed E-state index contributed by atoms with van der Waals surface area (Å²) in [6.07, 6.45) is -4.43. The maximum Gasteiger partial charge on any atom is 0.420 e. The molecule has 0 aromatic heterocycles. The van der Waals surface area contributed by atoms with E-state index in [0.717, 1.165) is 12.1 Å². The standard InChI is InChI=1S/C11H12F4O2S/c1-6(2)7-4-5-8(18(3,16)17)9(10(7)12)11(13,14)15/h4-6H,1-3H3. The summed E-state index contributed by atoms with van der Waals surface area (Å²) in [7, 11) is -4.14. The molecule has 2 nitrogen and oxygen atoms in total. The van der Waals surface area contributed by atoms with Gasteiger partial charge in [-0.1, -0.05) is 19.9 Å². The first-order chi connectivity index (χ1) is 7.96. The quantitative estimate of drug-likeness (QED) is 0.780. The van der Waals surface area contributed by atoms with Gasteiger partial charge in [0, 0.05) is 6.26 Å². The Labute approximate surface area is 103 Å². The van der Waals surface area contributed by atoms with Gasteiger partial charge in [-0.3, -0.25) is 0 Å². The summed E-state index contributed by atoms with van der Waals surface area (Å²) in [5.41, 5.74) is -1.87. The van der Waals surface area contributed by atoms with E-state index in [0.29, 0.717) is 6.26 Å². The first kappa shape index (κ1) is 14.9. The molecule has 18 heavy (non-hydrogen) atoms. The molecule has 1 aromatic rings. The van der Waals surface area contributed by atoms with E-state index in [4.69, 9.17) is 0 Å². The summed E-state index contributed by atoms with van der Waals surface area (Å²) >= 11 is 0. The molecule has 0 fully saturated rings. The van der Waals surface area contributed by atoms with Crippen LogP contribution in [-0.2, 0) is 16.0 Å². The van der Waals surface area contributed by atoms with Gasteiger partial charge in [0.2, 0.25) is 0 Å². The molecular formula is C11H12F4O2S. The zero-order chi connectivity index (χ0) is 14.3. The predicted molar refractivity (Wildman–Crippen MR) is 58.6 cm³/mol. The number of rotatable bonds is 2. The van der Waals surface area contributed by atoms with E-state index < -0.39 is 38.2 Å². The highest BCUT2D eigenvalue weighted by atomic mass is 32.2. The maximum atomic E-state index is 13.8. The average molecular weight is 284 g/mol. The monoisotopic (exact) mass is 284 g/mol. The van der Waals surface area contributed by atoms with Crippen molar-refractivity contribution >= 4 is 9.84 Å². The fraction of sp³-hybridized carbons (Fsp3) is 0.455. The molecule has 0 heterocycles. The molecule has 102 valence electrons. The Morgan fingerprint density at radius 2 is 1.67 bits per heavy atom. The van der Waals surface area contributed by atoms with Crippen molar-refractivity contribution in [1.82, 2.24) is 0 Å². The number of benzene rings is 1. The van der Waals surface area contributed by atoms with Gasteiger partial charge in [-0.25, -0.2) is 12.8 Å². The van der Waals surface area contributed by atoms with E-state index in [1.165, 1.54) is 13.8 Å². The molecule has 0 aliphatic rings. The second-order valence-corrected chi connectivity index (χ2v) is 6.25. The molecule has 0 aliphatic carbocycles. The summed E-state index contributed by atoms with van der Waals surface area (Å²) in [6, 6.07) is 1.88. The lowest BCUT2D eigenvalue weighted by Crippen LogP contribution is -2.16. The molecule has 1 rings (SSSR count). The van der Waals surface area contributed by atoms with Gasteiger partial charge in [0.15, 0.2) is 9.84 Å². The topological polar surface area (TPSA) is 34.1 Å². The third kappa shape index (κ3) is 2.82. The van der Waals surface area contributed by atoms with Crippen LogP contribution < -0.4 is 0 Å². The van der Waals surface area contributed by atoms with E-state index in [9.17, 15) is 26.0 Å². The zero-order valence-corrected chi connectivity index (χ0v) is 10.8. The molecule has 0 saturated heterocycles. The molecule has 0 unspecified atom stereocenters. The van der Waals surface area contributed by atoms with Crippen molar-refractivity contribution in [3.8, 4) is 0 Å². The van der Waals surface area contributed by atoms with E-state index in [-0.39, 0.29) is 5.56 Å². The summed E-state index contributed by atoms with van der Waals surface area (Å²) in [5, 5.41) is 0. The fourth-order valence-corrected chi connectivity index (χ4v) is 2.48. The van der Waals surface area contributed by atoms with E-state index in [1.807, 2.05) is 0 Å². The average Bonchev–Trinajstić information content (AvgIpc) is 2.12. The minimum atomic E-state index is -5.05. The molecule has 7 heteroatoms. The van der Waals surface area contributed by atoms with Gasteiger partial charge in [-0.15, -0.1) is 0 Å². The molecule has 0 saturated carbocycles. The van der Waals surface area contributed by atoms with Crippen LogP contribution in [0, 0.1) is 5.82 Å². The van der Waals surface area contributed by atoms with Crippen LogP contribution in [-0.4, -0.2) is 14.7 Å². The second-order valence-electron chi connectivity index (χ2n) is 4.27. The molecule has 0 amide bonds. The number of alkyl halides is 3. The Kier molecular flexibility index (Phi) is 3.76. The Morgan fingerprint density at radius 3 is 2.00 bits per heavy atom. The van der Waals surface area contributed by atoms with Gasteiger partial charge >= 0.3 is 6.18 Å². The lowest BCUT2D eigenvalue weighted by molar-refractivity contribution is -0.142. The van der Waals surface area contributed by atoms with Crippen LogP contribution in [0.3, 0.4) is 0 Å². The van der Waals surface area contributed by atoms with E-state index in [2.05, 4.69) is 0 Å². The van der Waals surface area contributed by atoms with Crippen LogP contribution in [0.1, 0.15) is 30.9 Å². The van der Waals surface area contributed by atoms with Crippen molar-refractivity contribution in [3.63, 3.8) is 0 Å². The lowest BCUT2D eigenvalue weighted by Gasteiger charge is -2.16. The molecule has 0 radical (unpaired) electrons. The summed E-state index contributed by atoms with van der Waals surface area (Å²) in [6.45, 7) is 3.05. The van der Waals surface area contributed by atoms with E-state index in [1.54, 1.807) is 0 Å². The van der Waals surface area contributed by atoms with Crippen molar-refractivity contribution in [1.29, 1.82) is 0 Å². The van der Waals surface area contributed by atoms with Gasteiger partial charge in [-0.2, -0.15) is 13.2 Å². The minimum absolute atomic E-state index is 0.158. The molecular weight excluding hydrogens is 272 g/mol. The summed E-state index contributed by atoms with van der Waals surface area (Å²) in [5.74, 6) is -1.99. The highest BCUT2D eigenvalue weighted by Gasteiger charge is 2.40. The Bertz CT molecular complexity index is 559. The van der Waals surface area contributed by atoms with Crippen LogP contribution in [0.15, 0.2) is 17.0 Å². The first-order valence-corrected chi connectivity index (χ1v) is 6.95. The van der Waals surface area contributed by atoms with Crippen LogP contribution in [0.2, 0.25) is 0 Å². The Morgan fingerprint density at radius 1 is 1.17 bits per heavy atom. The van der Waals surface area contributed by atoms with Gasteiger partial charge in [0.25, 0.3) is 0 Å². The molecule has 0 N–H and O–H groups in total. The number of sulfone groups is 1. The normalized spacial score (nSPS) is 13.1. The summed E-state index contributed by atoms with van der Waals surface area (Å²) in [4.78, 5) is -1.03. The molecule has 0 spiro atoms. The number of hydrogen-bond acceptors (Lipinski definition) is 2. The van der Waals surface area contributed by atoms with Crippen molar-refractivity contribution in [2.75, 3.05) is 6.26 Å². The molecule has 0 atom stereocenters. The molecule has 1 aromatic carbocycles. The number of hydrogen-bond donors (Lipinski definition) is 0. The highest BCUT2D eigenvalue weighted by molar-refractivity contribution is 7.90. The van der Waals surface area contributed by atoms with Gasteiger partial charge in [-0.05, 0) is 17.5 Å². The molecule has 0 aliphatic heterocycles. The van der Waals surface area contributed by atoms with Crippen molar-refractivity contribution in [2.45, 2.75) is 30.8 Å². The largest absolute Gasteiger partial charge is 0.420 e. The molecule has 0 bridgehead atoms. The van der Waals surface area contributed by atoms with Gasteiger partial charge in [0.05, 0.1) is 4.90 Å². The second kappa shape index (κ2) is 4.53. The maximum absolute atomic E-state index is 13.8. The number of halogens is 4. The Balaban J connectivity index is 3.75. The van der Waals surface area contributed by atoms with Crippen molar-refractivity contribution in [3.05, 3.63) is 29.1 Å². The SMILES string of the molecule is CC(C)c1ccc(S(C)(=O)=O)c(C(F)(F)F)c1F. The smallest absolute Gasteiger partial charge is 0.224 e. The first-order valence-electron chi connectivity index (χ1n) is 5.06. The summed E-state index contributed by atoms with van der Waals surface area (Å²) < 4.78 is 74.7. The Hall–Kier alpha value is -1.11. The highest BCUT2D eigenvalue weighted by Crippen LogP contribution is 2.38. The predicted octanol–water partition coefficient (Wildman–Crippen LogP) is 3.37. The lowest BCUT2D eigenvalue weighted by atomic mass is 9.99. The van der Waals surface area contributed by atoms with Crippen molar-refractivity contribution < 1.29 is 26.0 Å². The van der Waals surface area contributed by atoms with Gasteiger partial charge < -0.3 is 0 Å². The fourth-order valence-electron chi connectivity index (χ4n) is 1.59. The van der Waals surface area contributed by atoms with Crippen LogP contribution in [0.4, 0.5) is 17.6 Å². The minimum Gasteiger partial charge on any atom is -0.224 e.